The minimum atomic E-state index is 0.623. The van der Waals surface area contributed by atoms with Crippen molar-refractivity contribution in [2.75, 3.05) is 0 Å². The first kappa shape index (κ1) is 11.4. The van der Waals surface area contributed by atoms with E-state index < -0.39 is 0 Å². The first-order chi connectivity index (χ1) is 7.70. The van der Waals surface area contributed by atoms with E-state index in [2.05, 4.69) is 51.2 Å². The molecule has 0 saturated heterocycles. The average molecular weight is 214 g/mol. The predicted octanol–water partition coefficient (Wildman–Crippen LogP) is 4.81. The van der Waals surface area contributed by atoms with Crippen LogP contribution in [0.3, 0.4) is 0 Å². The van der Waals surface area contributed by atoms with Gasteiger partial charge in [-0.2, -0.15) is 0 Å². The van der Waals surface area contributed by atoms with Gasteiger partial charge in [-0.05, 0) is 44.6 Å². The topological polar surface area (TPSA) is 0 Å². The molecule has 0 aliphatic heterocycles. The van der Waals surface area contributed by atoms with Crippen LogP contribution in [-0.2, 0) is 0 Å². The smallest absolute Gasteiger partial charge is 0.00551 e. The highest BCUT2D eigenvalue weighted by atomic mass is 14.2. The molecule has 0 saturated carbocycles. The molecule has 0 heterocycles. The second kappa shape index (κ2) is 4.86. The SMILES string of the molecule is CCC1C=CC(C2C=CC(C)=C(C)C2)=CC1. The molecule has 0 fully saturated rings. The minimum Gasteiger partial charge on any atom is -0.0808 e. The second-order valence-corrected chi connectivity index (χ2v) is 5.10. The van der Waals surface area contributed by atoms with E-state index in [0.29, 0.717) is 5.92 Å². The summed E-state index contributed by atoms with van der Waals surface area (Å²) in [7, 11) is 0. The molecule has 0 N–H and O–H groups in total. The fraction of sp³-hybridized carbons (Fsp3) is 0.500. The standard InChI is InChI=1S/C16H22/c1-4-14-6-9-15(10-7-14)16-8-5-12(2)13(3)11-16/h5-6,8-10,14,16H,4,7,11H2,1-3H3. The average Bonchev–Trinajstić information content (AvgIpc) is 2.33. The zero-order valence-corrected chi connectivity index (χ0v) is 10.7. The summed E-state index contributed by atoms with van der Waals surface area (Å²) in [6.07, 6.45) is 15.5. The van der Waals surface area contributed by atoms with E-state index >= 15 is 0 Å². The fourth-order valence-electron chi connectivity index (χ4n) is 2.45. The quantitative estimate of drug-likeness (QED) is 0.618. The molecule has 2 aliphatic carbocycles. The van der Waals surface area contributed by atoms with Crippen LogP contribution in [0.15, 0.2) is 47.1 Å². The van der Waals surface area contributed by atoms with Crippen molar-refractivity contribution in [3.05, 3.63) is 47.1 Å². The first-order valence-corrected chi connectivity index (χ1v) is 6.43. The van der Waals surface area contributed by atoms with Crippen molar-refractivity contribution in [1.29, 1.82) is 0 Å². The molecule has 86 valence electrons. The van der Waals surface area contributed by atoms with Gasteiger partial charge in [0, 0.05) is 5.92 Å². The van der Waals surface area contributed by atoms with E-state index in [1.807, 2.05) is 0 Å². The molecule has 0 heteroatoms. The lowest BCUT2D eigenvalue weighted by Gasteiger charge is -2.23. The lowest BCUT2D eigenvalue weighted by molar-refractivity contribution is 0.616. The third-order valence-corrected chi connectivity index (χ3v) is 3.95. The van der Waals surface area contributed by atoms with E-state index in [9.17, 15) is 0 Å². The highest BCUT2D eigenvalue weighted by Crippen LogP contribution is 2.32. The molecule has 0 aromatic rings. The van der Waals surface area contributed by atoms with Crippen LogP contribution < -0.4 is 0 Å². The van der Waals surface area contributed by atoms with Crippen molar-refractivity contribution < 1.29 is 0 Å². The van der Waals surface area contributed by atoms with Gasteiger partial charge in [0.2, 0.25) is 0 Å². The van der Waals surface area contributed by atoms with E-state index in [-0.39, 0.29) is 0 Å². The summed E-state index contributed by atoms with van der Waals surface area (Å²) in [6, 6.07) is 0. The second-order valence-electron chi connectivity index (χ2n) is 5.10. The van der Waals surface area contributed by atoms with Gasteiger partial charge in [0.1, 0.15) is 0 Å². The lowest BCUT2D eigenvalue weighted by atomic mass is 9.82. The summed E-state index contributed by atoms with van der Waals surface area (Å²) >= 11 is 0. The molecule has 0 aromatic heterocycles. The summed E-state index contributed by atoms with van der Waals surface area (Å²) in [5.41, 5.74) is 4.51. The van der Waals surface area contributed by atoms with Crippen LogP contribution in [0.1, 0.15) is 40.0 Å². The number of allylic oxidation sites excluding steroid dienone is 8. The molecular weight excluding hydrogens is 192 g/mol. The van der Waals surface area contributed by atoms with E-state index in [1.165, 1.54) is 30.4 Å². The van der Waals surface area contributed by atoms with Crippen LogP contribution in [0, 0.1) is 11.8 Å². The Balaban J connectivity index is 2.05. The van der Waals surface area contributed by atoms with E-state index in [1.54, 1.807) is 5.57 Å². The van der Waals surface area contributed by atoms with Crippen molar-refractivity contribution in [2.45, 2.75) is 40.0 Å². The molecule has 0 amide bonds. The molecule has 0 aromatic carbocycles. The summed E-state index contributed by atoms with van der Waals surface area (Å²) in [4.78, 5) is 0. The van der Waals surface area contributed by atoms with Crippen molar-refractivity contribution >= 4 is 0 Å². The largest absolute Gasteiger partial charge is 0.0808 e. The maximum absolute atomic E-state index is 2.44. The van der Waals surface area contributed by atoms with Crippen LogP contribution in [0.25, 0.3) is 0 Å². The van der Waals surface area contributed by atoms with E-state index in [4.69, 9.17) is 0 Å². The minimum absolute atomic E-state index is 0.623. The normalized spacial score (nSPS) is 29.6. The number of hydrogen-bond donors (Lipinski definition) is 0. The summed E-state index contributed by atoms with van der Waals surface area (Å²) in [5, 5.41) is 0. The Morgan fingerprint density at radius 3 is 2.56 bits per heavy atom. The van der Waals surface area contributed by atoms with Crippen LogP contribution in [0.5, 0.6) is 0 Å². The third kappa shape index (κ3) is 2.37. The molecular formula is C16H22. The lowest BCUT2D eigenvalue weighted by Crippen LogP contribution is -2.08. The zero-order chi connectivity index (χ0) is 11.5. The molecule has 16 heavy (non-hydrogen) atoms. The molecule has 0 radical (unpaired) electrons. The molecule has 0 nitrogen and oxygen atoms in total. The van der Waals surface area contributed by atoms with Crippen molar-refractivity contribution in [1.82, 2.24) is 0 Å². The maximum Gasteiger partial charge on any atom is 0.00551 e. The Hall–Kier alpha value is -1.04. The Morgan fingerprint density at radius 1 is 1.19 bits per heavy atom. The first-order valence-electron chi connectivity index (χ1n) is 6.43. The summed E-state index contributed by atoms with van der Waals surface area (Å²) in [5.74, 6) is 1.40. The van der Waals surface area contributed by atoms with Gasteiger partial charge in [-0.3, -0.25) is 0 Å². The van der Waals surface area contributed by atoms with Gasteiger partial charge in [0.25, 0.3) is 0 Å². The van der Waals surface area contributed by atoms with E-state index in [0.717, 1.165) is 5.92 Å². The number of hydrogen-bond acceptors (Lipinski definition) is 0. The molecule has 0 spiro atoms. The van der Waals surface area contributed by atoms with Crippen LogP contribution >= 0.6 is 0 Å². The van der Waals surface area contributed by atoms with Crippen molar-refractivity contribution in [3.63, 3.8) is 0 Å². The molecule has 0 bridgehead atoms. The Bertz CT molecular complexity index is 377. The highest BCUT2D eigenvalue weighted by Gasteiger charge is 2.16. The highest BCUT2D eigenvalue weighted by molar-refractivity contribution is 5.37. The Kier molecular flexibility index (Phi) is 3.48. The third-order valence-electron chi connectivity index (χ3n) is 3.95. The van der Waals surface area contributed by atoms with Crippen LogP contribution in [0.2, 0.25) is 0 Å². The van der Waals surface area contributed by atoms with Crippen LogP contribution in [0.4, 0.5) is 0 Å². The maximum atomic E-state index is 2.44. The van der Waals surface area contributed by atoms with Gasteiger partial charge in [0.15, 0.2) is 0 Å². The predicted molar refractivity (Wildman–Crippen MR) is 71.2 cm³/mol. The van der Waals surface area contributed by atoms with Crippen molar-refractivity contribution in [3.8, 4) is 0 Å². The monoisotopic (exact) mass is 214 g/mol. The summed E-state index contributed by atoms with van der Waals surface area (Å²) < 4.78 is 0. The molecule has 2 aliphatic rings. The van der Waals surface area contributed by atoms with Gasteiger partial charge in [-0.15, -0.1) is 0 Å². The fourth-order valence-corrected chi connectivity index (χ4v) is 2.45. The van der Waals surface area contributed by atoms with Gasteiger partial charge in [-0.25, -0.2) is 0 Å². The van der Waals surface area contributed by atoms with Crippen molar-refractivity contribution in [2.24, 2.45) is 11.8 Å². The Morgan fingerprint density at radius 2 is 2.00 bits per heavy atom. The van der Waals surface area contributed by atoms with Gasteiger partial charge >= 0.3 is 0 Å². The summed E-state index contributed by atoms with van der Waals surface area (Å²) in [6.45, 7) is 6.73. The zero-order valence-electron chi connectivity index (χ0n) is 10.7. The Labute approximate surface area is 99.4 Å². The van der Waals surface area contributed by atoms with Gasteiger partial charge < -0.3 is 0 Å². The molecule has 2 unspecified atom stereocenters. The van der Waals surface area contributed by atoms with Gasteiger partial charge in [-0.1, -0.05) is 48.5 Å². The number of rotatable bonds is 2. The molecule has 2 atom stereocenters. The van der Waals surface area contributed by atoms with Crippen LogP contribution in [-0.4, -0.2) is 0 Å². The molecule has 2 rings (SSSR count). The van der Waals surface area contributed by atoms with Gasteiger partial charge in [0.05, 0.1) is 0 Å².